The number of sulfone groups is 1. The van der Waals surface area contributed by atoms with Crippen molar-refractivity contribution in [2.75, 3.05) is 32.2 Å². The Balaban J connectivity index is 0.00000392. The van der Waals surface area contributed by atoms with E-state index in [0.29, 0.717) is 31.3 Å². The van der Waals surface area contributed by atoms with Crippen LogP contribution >= 0.6 is 24.0 Å². The molecule has 0 atom stereocenters. The second-order valence-corrected chi connectivity index (χ2v) is 8.98. The maximum absolute atomic E-state index is 11.3. The van der Waals surface area contributed by atoms with Gasteiger partial charge in [-0.3, -0.25) is 0 Å². The number of nitrogens with zero attached hydrogens (tertiary/aromatic N) is 1. The predicted octanol–water partition coefficient (Wildman–Crippen LogP) is 2.73. The number of para-hydroxylation sites is 1. The normalized spacial score (nSPS) is 15.0. The number of aliphatic imine (C=N–C) groups is 1. The molecule has 1 aromatic carbocycles. The van der Waals surface area contributed by atoms with Crippen LogP contribution in [-0.4, -0.2) is 52.7 Å². The van der Waals surface area contributed by atoms with Gasteiger partial charge in [0.05, 0.1) is 25.5 Å². The van der Waals surface area contributed by atoms with Gasteiger partial charge in [-0.1, -0.05) is 12.1 Å². The van der Waals surface area contributed by atoms with Gasteiger partial charge in [-0.05, 0) is 38.7 Å². The molecule has 0 radical (unpaired) electrons. The van der Waals surface area contributed by atoms with E-state index in [2.05, 4.69) is 15.6 Å². The predicted molar refractivity (Wildman–Crippen MR) is 124 cm³/mol. The SMILES string of the molecule is CCNC(=NCc1cccc(OC)c1OC1CCCC1)NCCS(C)(=O)=O.I. The first-order chi connectivity index (χ1) is 12.9. The lowest BCUT2D eigenvalue weighted by atomic mass is 10.1. The van der Waals surface area contributed by atoms with Crippen molar-refractivity contribution in [3.05, 3.63) is 23.8 Å². The van der Waals surface area contributed by atoms with Crippen molar-refractivity contribution in [2.45, 2.75) is 45.3 Å². The maximum Gasteiger partial charge on any atom is 0.191 e. The molecule has 0 heterocycles. The topological polar surface area (TPSA) is 89.0 Å². The molecule has 0 saturated heterocycles. The quantitative estimate of drug-likeness (QED) is 0.293. The van der Waals surface area contributed by atoms with E-state index < -0.39 is 9.84 Å². The van der Waals surface area contributed by atoms with Gasteiger partial charge in [-0.15, -0.1) is 24.0 Å². The smallest absolute Gasteiger partial charge is 0.191 e. The van der Waals surface area contributed by atoms with E-state index in [-0.39, 0.29) is 35.8 Å². The monoisotopic (exact) mass is 525 g/mol. The van der Waals surface area contributed by atoms with Gasteiger partial charge in [0.1, 0.15) is 9.84 Å². The number of guanidine groups is 1. The number of rotatable bonds is 9. The zero-order valence-corrected chi connectivity index (χ0v) is 20.0. The minimum Gasteiger partial charge on any atom is -0.493 e. The summed E-state index contributed by atoms with van der Waals surface area (Å²) in [6, 6.07) is 5.80. The molecule has 0 aliphatic heterocycles. The first-order valence-electron chi connectivity index (χ1n) is 9.45. The van der Waals surface area contributed by atoms with Crippen molar-refractivity contribution in [1.82, 2.24) is 10.6 Å². The van der Waals surface area contributed by atoms with E-state index in [0.717, 1.165) is 24.2 Å². The van der Waals surface area contributed by atoms with Gasteiger partial charge in [0.2, 0.25) is 0 Å². The minimum atomic E-state index is -3.01. The second-order valence-electron chi connectivity index (χ2n) is 6.72. The van der Waals surface area contributed by atoms with Crippen molar-refractivity contribution in [3.63, 3.8) is 0 Å². The number of benzene rings is 1. The van der Waals surface area contributed by atoms with Crippen molar-refractivity contribution in [1.29, 1.82) is 0 Å². The fourth-order valence-electron chi connectivity index (χ4n) is 3.01. The Labute approximate surface area is 185 Å². The first-order valence-corrected chi connectivity index (χ1v) is 11.5. The van der Waals surface area contributed by atoms with Gasteiger partial charge in [0.25, 0.3) is 0 Å². The number of ether oxygens (including phenoxy) is 2. The highest BCUT2D eigenvalue weighted by Crippen LogP contribution is 2.35. The summed E-state index contributed by atoms with van der Waals surface area (Å²) in [6.45, 7) is 3.38. The standard InChI is InChI=1S/C19H31N3O4S.HI/c1-4-20-19(21-12-13-27(3,23)24)22-14-15-8-7-11-17(25-2)18(15)26-16-9-5-6-10-16;/h7-8,11,16H,4-6,9-10,12-14H2,1-3H3,(H2,20,21,22);1H. The summed E-state index contributed by atoms with van der Waals surface area (Å²) in [4.78, 5) is 4.58. The minimum absolute atomic E-state index is 0. The van der Waals surface area contributed by atoms with Crippen LogP contribution in [-0.2, 0) is 16.4 Å². The molecule has 0 bridgehead atoms. The van der Waals surface area contributed by atoms with Crippen LogP contribution < -0.4 is 20.1 Å². The summed E-state index contributed by atoms with van der Waals surface area (Å²) in [5.41, 5.74) is 0.946. The van der Waals surface area contributed by atoms with Crippen molar-refractivity contribution in [3.8, 4) is 11.5 Å². The molecule has 1 aliphatic rings. The van der Waals surface area contributed by atoms with E-state index in [4.69, 9.17) is 9.47 Å². The highest BCUT2D eigenvalue weighted by atomic mass is 127. The van der Waals surface area contributed by atoms with Crippen LogP contribution in [0.1, 0.15) is 38.2 Å². The summed E-state index contributed by atoms with van der Waals surface area (Å²) in [5.74, 6) is 2.11. The van der Waals surface area contributed by atoms with E-state index in [9.17, 15) is 8.42 Å². The fraction of sp³-hybridized carbons (Fsp3) is 0.632. The molecule has 160 valence electrons. The largest absolute Gasteiger partial charge is 0.493 e. The van der Waals surface area contributed by atoms with Crippen molar-refractivity contribution < 1.29 is 17.9 Å². The highest BCUT2D eigenvalue weighted by Gasteiger charge is 2.20. The molecule has 2 N–H and O–H groups in total. The van der Waals surface area contributed by atoms with E-state index in [1.54, 1.807) is 7.11 Å². The molecule has 1 aromatic rings. The first kappa shape index (κ1) is 24.8. The van der Waals surface area contributed by atoms with Gasteiger partial charge in [0.15, 0.2) is 17.5 Å². The maximum atomic E-state index is 11.3. The molecule has 7 nitrogen and oxygen atoms in total. The van der Waals surface area contributed by atoms with Crippen LogP contribution in [0, 0.1) is 0 Å². The molecule has 0 amide bonds. The van der Waals surface area contributed by atoms with Crippen LogP contribution in [0.3, 0.4) is 0 Å². The number of halogens is 1. The van der Waals surface area contributed by atoms with Crippen LogP contribution in [0.4, 0.5) is 0 Å². The van der Waals surface area contributed by atoms with Gasteiger partial charge < -0.3 is 20.1 Å². The van der Waals surface area contributed by atoms with Crippen LogP contribution in [0.25, 0.3) is 0 Å². The third kappa shape index (κ3) is 8.42. The molecular weight excluding hydrogens is 493 g/mol. The molecule has 1 aliphatic carbocycles. The zero-order valence-electron chi connectivity index (χ0n) is 16.9. The number of nitrogens with one attached hydrogen (secondary N) is 2. The third-order valence-electron chi connectivity index (χ3n) is 4.38. The Morgan fingerprint density at radius 1 is 1.25 bits per heavy atom. The van der Waals surface area contributed by atoms with Crippen LogP contribution in [0.2, 0.25) is 0 Å². The molecule has 0 unspecified atom stereocenters. The lowest BCUT2D eigenvalue weighted by molar-refractivity contribution is 0.198. The van der Waals surface area contributed by atoms with Gasteiger partial charge in [-0.2, -0.15) is 0 Å². The Morgan fingerprint density at radius 2 is 1.96 bits per heavy atom. The summed E-state index contributed by atoms with van der Waals surface area (Å²) in [7, 11) is -1.37. The Kier molecular flexibility index (Phi) is 10.9. The summed E-state index contributed by atoms with van der Waals surface area (Å²) in [6.07, 6.45) is 5.98. The van der Waals surface area contributed by atoms with Crippen molar-refractivity contribution >= 4 is 39.8 Å². The van der Waals surface area contributed by atoms with Gasteiger partial charge >= 0.3 is 0 Å². The Morgan fingerprint density at radius 3 is 2.57 bits per heavy atom. The summed E-state index contributed by atoms with van der Waals surface area (Å²) >= 11 is 0. The molecule has 0 aromatic heterocycles. The van der Waals surface area contributed by atoms with Crippen LogP contribution in [0.5, 0.6) is 11.5 Å². The van der Waals surface area contributed by atoms with Gasteiger partial charge in [0, 0.05) is 24.9 Å². The third-order valence-corrected chi connectivity index (χ3v) is 5.33. The van der Waals surface area contributed by atoms with Gasteiger partial charge in [-0.25, -0.2) is 13.4 Å². The summed E-state index contributed by atoms with van der Waals surface area (Å²) < 4.78 is 34.3. The molecule has 1 fully saturated rings. The molecule has 0 spiro atoms. The molecule has 9 heteroatoms. The average molecular weight is 525 g/mol. The molecule has 28 heavy (non-hydrogen) atoms. The van der Waals surface area contributed by atoms with E-state index in [1.807, 2.05) is 25.1 Å². The summed E-state index contributed by atoms with van der Waals surface area (Å²) in [5, 5.41) is 6.19. The average Bonchev–Trinajstić information content (AvgIpc) is 3.12. The van der Waals surface area contributed by atoms with E-state index >= 15 is 0 Å². The number of methoxy groups -OCH3 is 1. The molecule has 1 saturated carbocycles. The molecule has 2 rings (SSSR count). The Hall–Kier alpha value is -1.23. The van der Waals surface area contributed by atoms with Crippen molar-refractivity contribution in [2.24, 2.45) is 4.99 Å². The lowest BCUT2D eigenvalue weighted by Crippen LogP contribution is -2.39. The fourth-order valence-corrected chi connectivity index (χ4v) is 3.49. The van der Waals surface area contributed by atoms with Crippen LogP contribution in [0.15, 0.2) is 23.2 Å². The second kappa shape index (κ2) is 12.4. The van der Waals surface area contributed by atoms with E-state index in [1.165, 1.54) is 19.1 Å². The highest BCUT2D eigenvalue weighted by molar-refractivity contribution is 14.0. The zero-order chi connectivity index (χ0) is 19.7. The number of hydrogen-bond donors (Lipinski definition) is 2. The molecular formula is C19H32IN3O4S. The number of hydrogen-bond acceptors (Lipinski definition) is 5. The Bertz CT molecular complexity index is 735. The lowest BCUT2D eigenvalue weighted by Gasteiger charge is -2.19.